The van der Waals surface area contributed by atoms with E-state index in [2.05, 4.69) is 58.2 Å². The summed E-state index contributed by atoms with van der Waals surface area (Å²) in [6.07, 6.45) is 2.58. The molecule has 0 bridgehead atoms. The van der Waals surface area contributed by atoms with Gasteiger partial charge in [-0.3, -0.25) is 4.79 Å². The first-order valence-electron chi connectivity index (χ1n) is 8.65. The Kier molecular flexibility index (Phi) is 5.37. The van der Waals surface area contributed by atoms with Crippen LogP contribution in [0.1, 0.15) is 37.8 Å². The molecule has 0 amide bonds. The number of alkyl halides is 1. The number of ether oxygens (including phenoxy) is 1. The zero-order chi connectivity index (χ0) is 17.9. The number of hydrogen-bond acceptors (Lipinski definition) is 3. The van der Waals surface area contributed by atoms with Crippen LogP contribution in [0.15, 0.2) is 54.6 Å². The van der Waals surface area contributed by atoms with Gasteiger partial charge in [-0.05, 0) is 79.0 Å². The molecule has 1 aliphatic carbocycles. The Hall–Kier alpha value is -1.56. The van der Waals surface area contributed by atoms with E-state index in [-0.39, 0.29) is 11.4 Å². The minimum atomic E-state index is -0.455. The number of benzene rings is 2. The predicted octanol–water partition coefficient (Wildman–Crippen LogP) is 5.34. The smallest absolute Gasteiger partial charge is 0.313 e. The van der Waals surface area contributed by atoms with E-state index in [4.69, 9.17) is 4.74 Å². The molecule has 2 aromatic rings. The van der Waals surface area contributed by atoms with Crippen molar-refractivity contribution >= 4 is 34.2 Å². The first-order chi connectivity index (χ1) is 11.9. The molecule has 1 N–H and O–H groups in total. The average Bonchev–Trinajstić information content (AvgIpc) is 3.34. The summed E-state index contributed by atoms with van der Waals surface area (Å²) in [5, 5.41) is 3.46. The Labute approximate surface area is 163 Å². The molecule has 1 saturated carbocycles. The number of rotatable bonds is 7. The summed E-state index contributed by atoms with van der Waals surface area (Å²) >= 11 is 2.16. The Balaban J connectivity index is 1.63. The minimum absolute atomic E-state index is 0.0606. The Bertz CT molecular complexity index is 733. The molecule has 25 heavy (non-hydrogen) atoms. The predicted molar refractivity (Wildman–Crippen MR) is 110 cm³/mol. The summed E-state index contributed by atoms with van der Waals surface area (Å²) in [5.74, 6) is -0.0606. The second kappa shape index (κ2) is 7.36. The molecule has 0 heterocycles. The normalized spacial score (nSPS) is 15.5. The van der Waals surface area contributed by atoms with E-state index in [0.29, 0.717) is 0 Å². The van der Waals surface area contributed by atoms with E-state index in [1.165, 1.54) is 11.1 Å². The summed E-state index contributed by atoms with van der Waals surface area (Å²) in [6, 6.07) is 18.7. The lowest BCUT2D eigenvalue weighted by atomic mass is 9.96. The first kappa shape index (κ1) is 18.2. The summed E-state index contributed by atoms with van der Waals surface area (Å²) in [6.45, 7) is 4.62. The molecule has 0 aliphatic heterocycles. The molecule has 1 aliphatic rings. The summed E-state index contributed by atoms with van der Waals surface area (Å²) < 4.78 is 5.15. The van der Waals surface area contributed by atoms with Gasteiger partial charge in [-0.25, -0.2) is 0 Å². The molecule has 0 radical (unpaired) electrons. The highest BCUT2D eigenvalue weighted by atomic mass is 127. The van der Waals surface area contributed by atoms with Crippen molar-refractivity contribution < 1.29 is 9.53 Å². The number of carbonyl (C=O) groups is 1. The SMILES string of the molecule is CC(C)(I)OC(=O)C1(Cc2cccc(NCc3ccccc3)c2)CC1. The third-order valence-electron chi connectivity index (χ3n) is 4.43. The molecule has 3 nitrogen and oxygen atoms in total. The van der Waals surface area contributed by atoms with Gasteiger partial charge < -0.3 is 10.1 Å². The molecule has 0 atom stereocenters. The molecule has 0 spiro atoms. The van der Waals surface area contributed by atoms with Gasteiger partial charge in [0.15, 0.2) is 3.61 Å². The van der Waals surface area contributed by atoms with Crippen LogP contribution in [0.25, 0.3) is 0 Å². The molecular weight excluding hydrogens is 425 g/mol. The first-order valence-corrected chi connectivity index (χ1v) is 9.73. The van der Waals surface area contributed by atoms with Crippen LogP contribution in [0, 0.1) is 5.41 Å². The van der Waals surface area contributed by atoms with E-state index < -0.39 is 3.61 Å². The summed E-state index contributed by atoms with van der Waals surface area (Å²) in [4.78, 5) is 12.5. The van der Waals surface area contributed by atoms with E-state index in [1.54, 1.807) is 0 Å². The van der Waals surface area contributed by atoms with Crippen molar-refractivity contribution in [2.24, 2.45) is 5.41 Å². The molecule has 3 rings (SSSR count). The van der Waals surface area contributed by atoms with Crippen LogP contribution in [0.5, 0.6) is 0 Å². The third-order valence-corrected chi connectivity index (χ3v) is 4.65. The minimum Gasteiger partial charge on any atom is -0.449 e. The van der Waals surface area contributed by atoms with Gasteiger partial charge in [0.1, 0.15) is 0 Å². The van der Waals surface area contributed by atoms with Gasteiger partial charge in [-0.1, -0.05) is 42.5 Å². The van der Waals surface area contributed by atoms with Crippen LogP contribution in [-0.4, -0.2) is 9.58 Å². The van der Waals surface area contributed by atoms with Gasteiger partial charge in [0.05, 0.1) is 5.41 Å². The maximum Gasteiger partial charge on any atom is 0.313 e. The molecule has 0 aromatic heterocycles. The molecule has 4 heteroatoms. The molecule has 0 saturated heterocycles. The van der Waals surface area contributed by atoms with Crippen molar-refractivity contribution in [3.05, 3.63) is 65.7 Å². The highest BCUT2D eigenvalue weighted by Gasteiger charge is 2.52. The van der Waals surface area contributed by atoms with Gasteiger partial charge >= 0.3 is 5.97 Å². The van der Waals surface area contributed by atoms with Gasteiger partial charge in [0.2, 0.25) is 0 Å². The third kappa shape index (κ3) is 5.21. The lowest BCUT2D eigenvalue weighted by Gasteiger charge is -2.22. The lowest BCUT2D eigenvalue weighted by Crippen LogP contribution is -2.28. The van der Waals surface area contributed by atoms with Gasteiger partial charge in [0.25, 0.3) is 0 Å². The highest BCUT2D eigenvalue weighted by Crippen LogP contribution is 2.50. The lowest BCUT2D eigenvalue weighted by molar-refractivity contribution is -0.155. The zero-order valence-electron chi connectivity index (χ0n) is 14.7. The van der Waals surface area contributed by atoms with Crippen molar-refractivity contribution in [1.82, 2.24) is 0 Å². The standard InChI is InChI=1S/C21H24INO2/c1-20(2,22)25-19(24)21(11-12-21)14-17-9-6-10-18(13-17)23-15-16-7-4-3-5-8-16/h3-10,13,23H,11-12,14-15H2,1-2H3. The number of hydrogen-bond donors (Lipinski definition) is 1. The summed E-state index contributed by atoms with van der Waals surface area (Å²) in [7, 11) is 0. The molecular formula is C21H24INO2. The topological polar surface area (TPSA) is 38.3 Å². The fraction of sp³-hybridized carbons (Fsp3) is 0.381. The number of anilines is 1. The number of esters is 1. The van der Waals surface area contributed by atoms with E-state index in [1.807, 2.05) is 38.1 Å². The van der Waals surface area contributed by atoms with Crippen LogP contribution in [0.4, 0.5) is 5.69 Å². The van der Waals surface area contributed by atoms with E-state index >= 15 is 0 Å². The average molecular weight is 449 g/mol. The maximum absolute atomic E-state index is 12.5. The maximum atomic E-state index is 12.5. The summed E-state index contributed by atoms with van der Waals surface area (Å²) in [5.41, 5.74) is 3.19. The van der Waals surface area contributed by atoms with Crippen molar-refractivity contribution in [2.75, 3.05) is 5.32 Å². The fourth-order valence-electron chi connectivity index (χ4n) is 2.91. The second-order valence-corrected chi connectivity index (χ2v) is 9.85. The molecule has 0 unspecified atom stereocenters. The fourth-order valence-corrected chi connectivity index (χ4v) is 3.11. The number of carbonyl (C=O) groups excluding carboxylic acids is 1. The largest absolute Gasteiger partial charge is 0.449 e. The Morgan fingerprint density at radius 3 is 2.44 bits per heavy atom. The van der Waals surface area contributed by atoms with Crippen molar-refractivity contribution in [3.8, 4) is 0 Å². The van der Waals surface area contributed by atoms with Gasteiger partial charge in [0, 0.05) is 12.2 Å². The van der Waals surface area contributed by atoms with Crippen LogP contribution < -0.4 is 5.32 Å². The van der Waals surface area contributed by atoms with E-state index in [9.17, 15) is 4.79 Å². The van der Waals surface area contributed by atoms with Crippen LogP contribution in [0.3, 0.4) is 0 Å². The Morgan fingerprint density at radius 2 is 1.80 bits per heavy atom. The molecule has 132 valence electrons. The van der Waals surface area contributed by atoms with Crippen molar-refractivity contribution in [2.45, 2.75) is 43.3 Å². The molecule has 1 fully saturated rings. The van der Waals surface area contributed by atoms with Crippen LogP contribution >= 0.6 is 22.6 Å². The zero-order valence-corrected chi connectivity index (χ0v) is 16.9. The number of nitrogens with one attached hydrogen (secondary N) is 1. The van der Waals surface area contributed by atoms with Gasteiger partial charge in [-0.15, -0.1) is 0 Å². The second-order valence-electron chi connectivity index (χ2n) is 7.25. The monoisotopic (exact) mass is 449 g/mol. The van der Waals surface area contributed by atoms with Crippen LogP contribution in [0.2, 0.25) is 0 Å². The molecule has 2 aromatic carbocycles. The van der Waals surface area contributed by atoms with Crippen LogP contribution in [-0.2, 0) is 22.5 Å². The van der Waals surface area contributed by atoms with Crippen molar-refractivity contribution in [3.63, 3.8) is 0 Å². The highest BCUT2D eigenvalue weighted by molar-refractivity contribution is 14.1. The van der Waals surface area contributed by atoms with Crippen molar-refractivity contribution in [1.29, 1.82) is 0 Å². The number of halogens is 1. The van der Waals surface area contributed by atoms with Gasteiger partial charge in [-0.2, -0.15) is 0 Å². The Morgan fingerprint density at radius 1 is 1.12 bits per heavy atom. The van der Waals surface area contributed by atoms with E-state index in [0.717, 1.165) is 31.5 Å². The quantitative estimate of drug-likeness (QED) is 0.353.